The Balaban J connectivity index is 1.78. The monoisotopic (exact) mass is 326 g/mol. The number of carbonyl (C=O) groups is 1. The van der Waals surface area contributed by atoms with Crippen molar-refractivity contribution in [1.29, 1.82) is 0 Å². The van der Waals surface area contributed by atoms with Crippen LogP contribution in [0.1, 0.15) is 12.0 Å². The molecule has 1 fully saturated rings. The average molecular weight is 326 g/mol. The Morgan fingerprint density at radius 1 is 1.36 bits per heavy atom. The van der Waals surface area contributed by atoms with Gasteiger partial charge in [-0.3, -0.25) is 9.69 Å². The highest BCUT2D eigenvalue weighted by Gasteiger charge is 2.28. The molecule has 7 heteroatoms. The minimum Gasteiger partial charge on any atom is -0.497 e. The smallest absolute Gasteiger partial charge is 0.234 e. The number of hydrogen-bond acceptors (Lipinski definition) is 5. The van der Waals surface area contributed by atoms with E-state index in [1.807, 2.05) is 36.2 Å². The van der Waals surface area contributed by atoms with E-state index in [2.05, 4.69) is 5.32 Å². The average Bonchev–Trinajstić information content (AvgIpc) is 2.78. The Kier molecular flexibility index (Phi) is 5.42. The number of sulfone groups is 1. The molecule has 1 atom stereocenters. The molecule has 1 unspecified atom stereocenters. The van der Waals surface area contributed by atoms with E-state index in [4.69, 9.17) is 4.74 Å². The second-order valence-corrected chi connectivity index (χ2v) is 7.92. The van der Waals surface area contributed by atoms with Crippen LogP contribution in [0.4, 0.5) is 0 Å². The highest BCUT2D eigenvalue weighted by molar-refractivity contribution is 7.91. The van der Waals surface area contributed by atoms with Gasteiger partial charge in [-0.2, -0.15) is 0 Å². The summed E-state index contributed by atoms with van der Waals surface area (Å²) in [5.41, 5.74) is 1.08. The van der Waals surface area contributed by atoms with Gasteiger partial charge in [0.2, 0.25) is 5.91 Å². The van der Waals surface area contributed by atoms with Gasteiger partial charge in [-0.15, -0.1) is 0 Å². The number of amides is 1. The fraction of sp³-hybridized carbons (Fsp3) is 0.533. The third kappa shape index (κ3) is 4.99. The lowest BCUT2D eigenvalue weighted by Crippen LogP contribution is -2.41. The largest absolute Gasteiger partial charge is 0.497 e. The van der Waals surface area contributed by atoms with E-state index in [1.165, 1.54) is 0 Å². The van der Waals surface area contributed by atoms with Crippen LogP contribution in [0.2, 0.25) is 0 Å². The molecule has 22 heavy (non-hydrogen) atoms. The Bertz CT molecular complexity index is 613. The van der Waals surface area contributed by atoms with Crippen molar-refractivity contribution in [1.82, 2.24) is 10.2 Å². The predicted molar refractivity (Wildman–Crippen MR) is 84.5 cm³/mol. The van der Waals surface area contributed by atoms with Crippen molar-refractivity contribution in [3.63, 3.8) is 0 Å². The topological polar surface area (TPSA) is 75.7 Å². The molecule has 122 valence electrons. The molecule has 1 aliphatic rings. The maximum Gasteiger partial charge on any atom is 0.234 e. The summed E-state index contributed by atoms with van der Waals surface area (Å²) in [4.78, 5) is 13.8. The molecule has 0 bridgehead atoms. The van der Waals surface area contributed by atoms with Gasteiger partial charge in [0.15, 0.2) is 9.84 Å². The number of benzene rings is 1. The quantitative estimate of drug-likeness (QED) is 0.820. The minimum absolute atomic E-state index is 0.0565. The first-order valence-electron chi connectivity index (χ1n) is 7.19. The highest BCUT2D eigenvalue weighted by Crippen LogP contribution is 2.13. The first-order chi connectivity index (χ1) is 10.4. The summed E-state index contributed by atoms with van der Waals surface area (Å²) in [6.45, 7) is 0.878. The first kappa shape index (κ1) is 16.8. The third-order valence-corrected chi connectivity index (χ3v) is 5.39. The summed E-state index contributed by atoms with van der Waals surface area (Å²) < 4.78 is 27.8. The number of nitrogens with zero attached hydrogens (tertiary/aromatic N) is 1. The number of carbonyl (C=O) groups excluding carboxylic acids is 1. The number of methoxy groups -OCH3 is 1. The second kappa shape index (κ2) is 7.11. The number of ether oxygens (including phenoxy) is 1. The molecule has 0 aromatic heterocycles. The third-order valence-electron chi connectivity index (χ3n) is 3.62. The number of likely N-dealkylation sites (N-methyl/N-ethyl adjacent to an activating group) is 1. The Hall–Kier alpha value is -1.60. The molecule has 6 nitrogen and oxygen atoms in total. The summed E-state index contributed by atoms with van der Waals surface area (Å²) >= 11 is 0. The zero-order valence-electron chi connectivity index (χ0n) is 12.9. The minimum atomic E-state index is -2.96. The van der Waals surface area contributed by atoms with Crippen molar-refractivity contribution in [2.24, 2.45) is 0 Å². The van der Waals surface area contributed by atoms with Gasteiger partial charge in [0, 0.05) is 12.6 Å². The van der Waals surface area contributed by atoms with E-state index in [-0.39, 0.29) is 30.0 Å². The lowest BCUT2D eigenvalue weighted by Gasteiger charge is -2.18. The van der Waals surface area contributed by atoms with Gasteiger partial charge in [0.25, 0.3) is 0 Å². The molecular formula is C15H22N2O4S. The molecule has 1 amide bonds. The van der Waals surface area contributed by atoms with E-state index in [0.29, 0.717) is 13.0 Å². The van der Waals surface area contributed by atoms with Crippen molar-refractivity contribution in [2.75, 3.05) is 32.2 Å². The Labute approximate surface area is 131 Å². The molecule has 1 heterocycles. The molecule has 1 aliphatic heterocycles. The summed E-state index contributed by atoms with van der Waals surface area (Å²) in [7, 11) is 0.511. The molecule has 0 radical (unpaired) electrons. The van der Waals surface area contributed by atoms with Gasteiger partial charge in [-0.05, 0) is 31.2 Å². The zero-order chi connectivity index (χ0) is 16.2. The van der Waals surface area contributed by atoms with Gasteiger partial charge in [-0.25, -0.2) is 8.42 Å². The van der Waals surface area contributed by atoms with Gasteiger partial charge in [-0.1, -0.05) is 12.1 Å². The van der Waals surface area contributed by atoms with E-state index in [1.54, 1.807) is 7.11 Å². The molecule has 0 aliphatic carbocycles. The molecule has 0 spiro atoms. The van der Waals surface area contributed by atoms with Crippen molar-refractivity contribution >= 4 is 15.7 Å². The lowest BCUT2D eigenvalue weighted by atomic mass is 10.2. The Morgan fingerprint density at radius 3 is 2.59 bits per heavy atom. The molecule has 1 saturated heterocycles. The standard InChI is InChI=1S/C15H22N2O4S/c1-17(9-12-3-5-14(21-2)6-4-12)10-15(18)16-13-7-8-22(19,20)11-13/h3-6,13H,7-11H2,1-2H3,(H,16,18). The van der Waals surface area contributed by atoms with Gasteiger partial charge in [0.1, 0.15) is 5.75 Å². The van der Waals surface area contributed by atoms with Crippen LogP contribution in [-0.4, -0.2) is 57.5 Å². The van der Waals surface area contributed by atoms with Crippen LogP contribution in [0.15, 0.2) is 24.3 Å². The molecule has 2 rings (SSSR count). The van der Waals surface area contributed by atoms with E-state index in [0.717, 1.165) is 11.3 Å². The fourth-order valence-corrected chi connectivity index (χ4v) is 4.20. The van der Waals surface area contributed by atoms with Gasteiger partial charge >= 0.3 is 0 Å². The highest BCUT2D eigenvalue weighted by atomic mass is 32.2. The molecule has 1 aromatic carbocycles. The van der Waals surface area contributed by atoms with Crippen molar-refractivity contribution in [2.45, 2.75) is 19.0 Å². The van der Waals surface area contributed by atoms with E-state index >= 15 is 0 Å². The molecule has 1 N–H and O–H groups in total. The lowest BCUT2D eigenvalue weighted by molar-refractivity contribution is -0.122. The summed E-state index contributed by atoms with van der Waals surface area (Å²) in [5, 5.41) is 2.79. The van der Waals surface area contributed by atoms with Crippen LogP contribution in [0, 0.1) is 0 Å². The van der Waals surface area contributed by atoms with Crippen LogP contribution < -0.4 is 10.1 Å². The maximum absolute atomic E-state index is 11.9. The Morgan fingerprint density at radius 2 is 2.05 bits per heavy atom. The van der Waals surface area contributed by atoms with Crippen LogP contribution in [-0.2, 0) is 21.2 Å². The maximum atomic E-state index is 11.9. The molecule has 1 aromatic rings. The molecular weight excluding hydrogens is 304 g/mol. The first-order valence-corrected chi connectivity index (χ1v) is 9.01. The SMILES string of the molecule is COc1ccc(CN(C)CC(=O)NC2CCS(=O)(=O)C2)cc1. The number of hydrogen-bond donors (Lipinski definition) is 1. The molecule has 0 saturated carbocycles. The van der Waals surface area contributed by atoms with Crippen molar-refractivity contribution in [3.05, 3.63) is 29.8 Å². The van der Waals surface area contributed by atoms with Gasteiger partial charge < -0.3 is 10.1 Å². The number of nitrogens with one attached hydrogen (secondary N) is 1. The second-order valence-electron chi connectivity index (χ2n) is 5.69. The van der Waals surface area contributed by atoms with Crippen LogP contribution >= 0.6 is 0 Å². The summed E-state index contributed by atoms with van der Waals surface area (Å²) in [6, 6.07) is 7.43. The van der Waals surface area contributed by atoms with E-state index in [9.17, 15) is 13.2 Å². The van der Waals surface area contributed by atoms with Crippen LogP contribution in [0.3, 0.4) is 0 Å². The number of rotatable bonds is 6. The van der Waals surface area contributed by atoms with Crippen LogP contribution in [0.25, 0.3) is 0 Å². The van der Waals surface area contributed by atoms with Crippen molar-refractivity contribution < 1.29 is 17.9 Å². The van der Waals surface area contributed by atoms with E-state index < -0.39 is 9.84 Å². The summed E-state index contributed by atoms with van der Waals surface area (Å²) in [6.07, 6.45) is 0.510. The fourth-order valence-electron chi connectivity index (χ4n) is 2.53. The van der Waals surface area contributed by atoms with Gasteiger partial charge in [0.05, 0.1) is 25.2 Å². The predicted octanol–water partition coefficient (Wildman–Crippen LogP) is 0.430. The zero-order valence-corrected chi connectivity index (χ0v) is 13.7. The normalized spacial score (nSPS) is 20.0. The van der Waals surface area contributed by atoms with Crippen LogP contribution in [0.5, 0.6) is 5.75 Å². The van der Waals surface area contributed by atoms with Crippen molar-refractivity contribution in [3.8, 4) is 5.75 Å². The summed E-state index contributed by atoms with van der Waals surface area (Å²) in [5.74, 6) is 0.880.